The standard InChI is InChI=1S/C15H22O5/c1-4-5-12-7-6-11(2)15(20-12,14(16)17-3)10-13-18-8-9-19-13/h4,8-9,11-13H,1,5-7,10H2,2-3H3/t11-,12?,15+/m0/s1. The summed E-state index contributed by atoms with van der Waals surface area (Å²) in [6.45, 7) is 5.74. The monoisotopic (exact) mass is 282 g/mol. The molecule has 0 aliphatic carbocycles. The molecule has 20 heavy (non-hydrogen) atoms. The molecular formula is C15H22O5. The van der Waals surface area contributed by atoms with Crippen LogP contribution in [0.15, 0.2) is 25.2 Å². The Morgan fingerprint density at radius 3 is 2.75 bits per heavy atom. The van der Waals surface area contributed by atoms with Crippen LogP contribution in [0.3, 0.4) is 0 Å². The van der Waals surface area contributed by atoms with Crippen LogP contribution in [0.1, 0.15) is 32.6 Å². The van der Waals surface area contributed by atoms with Gasteiger partial charge in [-0.25, -0.2) is 4.79 Å². The van der Waals surface area contributed by atoms with Gasteiger partial charge in [-0.3, -0.25) is 0 Å². The number of rotatable bonds is 5. The molecular weight excluding hydrogens is 260 g/mol. The van der Waals surface area contributed by atoms with E-state index in [0.29, 0.717) is 6.42 Å². The first kappa shape index (κ1) is 14.9. The normalized spacial score (nSPS) is 33.3. The summed E-state index contributed by atoms with van der Waals surface area (Å²) in [6, 6.07) is 0. The summed E-state index contributed by atoms with van der Waals surface area (Å²) in [5.74, 6) is -0.318. The maximum Gasteiger partial charge on any atom is 0.338 e. The highest BCUT2D eigenvalue weighted by molar-refractivity contribution is 5.80. The van der Waals surface area contributed by atoms with Gasteiger partial charge in [0.1, 0.15) is 12.5 Å². The summed E-state index contributed by atoms with van der Waals surface area (Å²) >= 11 is 0. The van der Waals surface area contributed by atoms with Crippen molar-refractivity contribution >= 4 is 5.97 Å². The van der Waals surface area contributed by atoms with Crippen molar-refractivity contribution in [3.63, 3.8) is 0 Å². The number of hydrogen-bond acceptors (Lipinski definition) is 5. The van der Waals surface area contributed by atoms with E-state index < -0.39 is 11.9 Å². The first-order chi connectivity index (χ1) is 9.62. The molecule has 0 aromatic rings. The van der Waals surface area contributed by atoms with Gasteiger partial charge in [0.15, 0.2) is 5.60 Å². The van der Waals surface area contributed by atoms with Gasteiger partial charge < -0.3 is 18.9 Å². The first-order valence-corrected chi connectivity index (χ1v) is 6.95. The molecule has 0 spiro atoms. The molecule has 2 aliphatic rings. The van der Waals surface area contributed by atoms with Gasteiger partial charge in [0.05, 0.1) is 19.6 Å². The molecule has 2 rings (SSSR count). The summed E-state index contributed by atoms with van der Waals surface area (Å²) in [7, 11) is 1.38. The van der Waals surface area contributed by atoms with Crippen LogP contribution in [0.2, 0.25) is 0 Å². The third-order valence-electron chi connectivity index (χ3n) is 4.04. The Morgan fingerprint density at radius 2 is 2.15 bits per heavy atom. The summed E-state index contributed by atoms with van der Waals surface area (Å²) in [6.07, 6.45) is 7.10. The molecule has 112 valence electrons. The van der Waals surface area contributed by atoms with Crippen LogP contribution < -0.4 is 0 Å². The predicted octanol–water partition coefficient (Wildman–Crippen LogP) is 2.52. The minimum atomic E-state index is -1.02. The zero-order valence-electron chi connectivity index (χ0n) is 12.0. The predicted molar refractivity (Wildman–Crippen MR) is 72.5 cm³/mol. The van der Waals surface area contributed by atoms with E-state index in [2.05, 4.69) is 6.58 Å². The van der Waals surface area contributed by atoms with Crippen LogP contribution in [0.25, 0.3) is 0 Å². The van der Waals surface area contributed by atoms with E-state index in [4.69, 9.17) is 18.9 Å². The summed E-state index contributed by atoms with van der Waals surface area (Å²) < 4.78 is 21.7. The quantitative estimate of drug-likeness (QED) is 0.573. The molecule has 3 atom stereocenters. The fourth-order valence-corrected chi connectivity index (χ4v) is 2.86. The van der Waals surface area contributed by atoms with Crippen molar-refractivity contribution in [3.8, 4) is 0 Å². The molecule has 0 amide bonds. The van der Waals surface area contributed by atoms with Crippen molar-refractivity contribution in [2.45, 2.75) is 50.6 Å². The van der Waals surface area contributed by atoms with Crippen molar-refractivity contribution < 1.29 is 23.7 Å². The summed E-state index contributed by atoms with van der Waals surface area (Å²) in [5, 5.41) is 0. The number of hydrogen-bond donors (Lipinski definition) is 0. The highest BCUT2D eigenvalue weighted by Gasteiger charge is 2.52. The second kappa shape index (κ2) is 6.31. The molecule has 5 heteroatoms. The maximum absolute atomic E-state index is 12.3. The zero-order chi connectivity index (χ0) is 14.6. The third kappa shape index (κ3) is 2.82. The van der Waals surface area contributed by atoms with Crippen LogP contribution in [-0.2, 0) is 23.7 Å². The number of carbonyl (C=O) groups is 1. The van der Waals surface area contributed by atoms with Gasteiger partial charge in [-0.1, -0.05) is 13.0 Å². The van der Waals surface area contributed by atoms with Gasteiger partial charge in [-0.15, -0.1) is 6.58 Å². The molecule has 0 radical (unpaired) electrons. The maximum atomic E-state index is 12.3. The SMILES string of the molecule is C=CCC1CC[C@H](C)[C@](CC2OC=CO2)(C(=O)OC)O1. The lowest BCUT2D eigenvalue weighted by Crippen LogP contribution is -2.55. The third-order valence-corrected chi connectivity index (χ3v) is 4.04. The topological polar surface area (TPSA) is 54.0 Å². The molecule has 0 saturated carbocycles. The Balaban J connectivity index is 2.18. The lowest BCUT2D eigenvalue weighted by Gasteiger charge is -2.44. The molecule has 1 unspecified atom stereocenters. The van der Waals surface area contributed by atoms with Gasteiger partial charge in [0.25, 0.3) is 0 Å². The molecule has 0 aromatic carbocycles. The van der Waals surface area contributed by atoms with E-state index in [1.165, 1.54) is 19.6 Å². The van der Waals surface area contributed by atoms with Crippen molar-refractivity contribution in [3.05, 3.63) is 25.2 Å². The minimum Gasteiger partial charge on any atom is -0.467 e. The molecule has 5 nitrogen and oxygen atoms in total. The molecule has 0 bridgehead atoms. The highest BCUT2D eigenvalue weighted by Crippen LogP contribution is 2.40. The zero-order valence-corrected chi connectivity index (χ0v) is 12.0. The van der Waals surface area contributed by atoms with Crippen molar-refractivity contribution in [1.82, 2.24) is 0 Å². The fourth-order valence-electron chi connectivity index (χ4n) is 2.86. The lowest BCUT2D eigenvalue weighted by molar-refractivity contribution is -0.215. The molecule has 0 N–H and O–H groups in total. The lowest BCUT2D eigenvalue weighted by atomic mass is 9.78. The Hall–Kier alpha value is -1.49. The van der Waals surface area contributed by atoms with E-state index in [-0.39, 0.29) is 18.0 Å². The highest BCUT2D eigenvalue weighted by atomic mass is 16.7. The number of ether oxygens (including phenoxy) is 4. The van der Waals surface area contributed by atoms with Gasteiger partial charge in [-0.2, -0.15) is 0 Å². The van der Waals surface area contributed by atoms with Crippen LogP contribution in [0.5, 0.6) is 0 Å². The Kier molecular flexibility index (Phi) is 4.70. The largest absolute Gasteiger partial charge is 0.467 e. The van der Waals surface area contributed by atoms with Gasteiger partial charge in [0, 0.05) is 0 Å². The Morgan fingerprint density at radius 1 is 1.45 bits per heavy atom. The first-order valence-electron chi connectivity index (χ1n) is 6.95. The van der Waals surface area contributed by atoms with E-state index in [0.717, 1.165) is 19.3 Å². The fraction of sp³-hybridized carbons (Fsp3) is 0.667. The second-order valence-electron chi connectivity index (χ2n) is 5.30. The van der Waals surface area contributed by atoms with Gasteiger partial charge >= 0.3 is 5.97 Å². The number of carbonyl (C=O) groups excluding carboxylic acids is 1. The molecule has 0 aromatic heterocycles. The van der Waals surface area contributed by atoms with E-state index in [1.54, 1.807) is 0 Å². The van der Waals surface area contributed by atoms with Crippen LogP contribution >= 0.6 is 0 Å². The number of esters is 1. The van der Waals surface area contributed by atoms with Gasteiger partial charge in [0.2, 0.25) is 6.29 Å². The average Bonchev–Trinajstić information content (AvgIpc) is 2.94. The Bertz CT molecular complexity index is 384. The van der Waals surface area contributed by atoms with Crippen LogP contribution in [0.4, 0.5) is 0 Å². The molecule has 2 heterocycles. The minimum absolute atomic E-state index is 0.0165. The average molecular weight is 282 g/mol. The van der Waals surface area contributed by atoms with Crippen LogP contribution in [0, 0.1) is 5.92 Å². The van der Waals surface area contributed by atoms with E-state index in [9.17, 15) is 4.79 Å². The van der Waals surface area contributed by atoms with Crippen molar-refractivity contribution in [2.75, 3.05) is 7.11 Å². The molecule has 2 aliphatic heterocycles. The van der Waals surface area contributed by atoms with E-state index in [1.807, 2.05) is 13.0 Å². The van der Waals surface area contributed by atoms with Crippen LogP contribution in [-0.4, -0.2) is 31.1 Å². The van der Waals surface area contributed by atoms with Gasteiger partial charge in [-0.05, 0) is 25.2 Å². The smallest absolute Gasteiger partial charge is 0.338 e. The van der Waals surface area contributed by atoms with Crippen molar-refractivity contribution in [1.29, 1.82) is 0 Å². The second-order valence-corrected chi connectivity index (χ2v) is 5.30. The summed E-state index contributed by atoms with van der Waals surface area (Å²) in [4.78, 5) is 12.3. The molecule has 1 saturated heterocycles. The summed E-state index contributed by atoms with van der Waals surface area (Å²) in [5.41, 5.74) is -1.02. The van der Waals surface area contributed by atoms with E-state index >= 15 is 0 Å². The number of methoxy groups -OCH3 is 1. The molecule has 1 fully saturated rings. The Labute approximate surface area is 119 Å². The van der Waals surface area contributed by atoms with Crippen molar-refractivity contribution in [2.24, 2.45) is 5.92 Å².